The molecule has 0 aromatic carbocycles. The van der Waals surface area contributed by atoms with Gasteiger partial charge in [0.15, 0.2) is 6.07 Å². The predicted octanol–water partition coefficient (Wildman–Crippen LogP) is 1.39. The Morgan fingerprint density at radius 2 is 1.76 bits per heavy atom. The molecule has 2 amide bonds. The third-order valence-electron chi connectivity index (χ3n) is 2.24. The van der Waals surface area contributed by atoms with E-state index in [4.69, 9.17) is 16.3 Å². The first-order chi connectivity index (χ1) is 9.56. The van der Waals surface area contributed by atoms with Gasteiger partial charge in [-0.25, -0.2) is 4.79 Å². The minimum Gasteiger partial charge on any atom is -0.448 e. The summed E-state index contributed by atoms with van der Waals surface area (Å²) in [6, 6.07) is -1.10. The molecule has 1 unspecified atom stereocenters. The van der Waals surface area contributed by atoms with Crippen LogP contribution >= 0.6 is 11.6 Å². The van der Waals surface area contributed by atoms with Crippen LogP contribution in [0, 0.1) is 5.92 Å². The van der Waals surface area contributed by atoms with Crippen molar-refractivity contribution in [2.24, 2.45) is 5.92 Å². The number of rotatable bonds is 6. The van der Waals surface area contributed by atoms with Crippen LogP contribution in [0.4, 0.5) is 4.79 Å². The molecule has 0 aliphatic carbocycles. The smallest absolute Gasteiger partial charge is 0.408 e. The number of nitrogens with one attached hydrogen (secondary N) is 2. The lowest BCUT2D eigenvalue weighted by atomic mass is 10.0. The molecule has 0 aromatic heterocycles. The van der Waals surface area contributed by atoms with E-state index in [0.717, 1.165) is 0 Å². The largest absolute Gasteiger partial charge is 0.448 e. The van der Waals surface area contributed by atoms with Crippen molar-refractivity contribution in [1.82, 2.24) is 10.6 Å². The molecule has 2 N–H and O–H groups in total. The van der Waals surface area contributed by atoms with Crippen LogP contribution in [0.15, 0.2) is 0 Å². The van der Waals surface area contributed by atoms with Gasteiger partial charge in [0.05, 0.1) is 0 Å². The van der Waals surface area contributed by atoms with E-state index in [-0.39, 0.29) is 18.5 Å². The van der Waals surface area contributed by atoms with Gasteiger partial charge in [-0.15, -0.1) is 0 Å². The number of alkyl halides is 1. The number of esters is 1. The second-order valence-corrected chi connectivity index (χ2v) is 5.93. The van der Waals surface area contributed by atoms with Gasteiger partial charge in [0.25, 0.3) is 0 Å². The predicted molar refractivity (Wildman–Crippen MR) is 77.8 cm³/mol. The Bertz CT molecular complexity index is 379. The standard InChI is InChI=1S/C13H23ClN2O5/c1-8(2)10(16-12(19)21-13(3,4)5)11(18)15-6-9(17)20-7-14/h8,10H,6-7H2,1-5H3,(H,15,18)(H,16,19). The first kappa shape index (κ1) is 19.5. The van der Waals surface area contributed by atoms with E-state index >= 15 is 0 Å². The van der Waals surface area contributed by atoms with Gasteiger partial charge < -0.3 is 20.1 Å². The second kappa shape index (κ2) is 8.71. The van der Waals surface area contributed by atoms with Gasteiger partial charge in [0.2, 0.25) is 5.91 Å². The molecule has 0 saturated heterocycles. The highest BCUT2D eigenvalue weighted by molar-refractivity contribution is 6.17. The highest BCUT2D eigenvalue weighted by atomic mass is 35.5. The van der Waals surface area contributed by atoms with Crippen molar-refractivity contribution in [2.45, 2.75) is 46.3 Å². The Morgan fingerprint density at radius 1 is 1.19 bits per heavy atom. The molecule has 21 heavy (non-hydrogen) atoms. The highest BCUT2D eigenvalue weighted by Crippen LogP contribution is 2.08. The van der Waals surface area contributed by atoms with Gasteiger partial charge in [-0.2, -0.15) is 0 Å². The minimum atomic E-state index is -0.816. The summed E-state index contributed by atoms with van der Waals surface area (Å²) in [4.78, 5) is 34.8. The molecule has 0 aliphatic rings. The fraction of sp³-hybridized carbons (Fsp3) is 0.769. The van der Waals surface area contributed by atoms with Crippen LogP contribution in [0.3, 0.4) is 0 Å². The lowest BCUT2D eigenvalue weighted by Crippen LogP contribution is -2.51. The van der Waals surface area contributed by atoms with Crippen molar-refractivity contribution in [3.63, 3.8) is 0 Å². The quantitative estimate of drug-likeness (QED) is 0.569. The number of carbonyl (C=O) groups is 3. The van der Waals surface area contributed by atoms with Crippen LogP contribution in [0.2, 0.25) is 0 Å². The third kappa shape index (κ3) is 9.12. The molecule has 0 aliphatic heterocycles. The van der Waals surface area contributed by atoms with E-state index in [1.807, 2.05) is 0 Å². The summed E-state index contributed by atoms with van der Waals surface area (Å²) in [5, 5.41) is 4.85. The van der Waals surface area contributed by atoms with Crippen LogP contribution in [-0.4, -0.2) is 42.2 Å². The van der Waals surface area contributed by atoms with Crippen LogP contribution in [-0.2, 0) is 19.1 Å². The third-order valence-corrected chi connectivity index (χ3v) is 2.35. The number of hydrogen-bond acceptors (Lipinski definition) is 5. The first-order valence-corrected chi connectivity index (χ1v) is 7.09. The highest BCUT2D eigenvalue weighted by Gasteiger charge is 2.27. The van der Waals surface area contributed by atoms with E-state index in [9.17, 15) is 14.4 Å². The Morgan fingerprint density at radius 3 is 2.19 bits per heavy atom. The zero-order valence-corrected chi connectivity index (χ0v) is 13.7. The van der Waals surface area contributed by atoms with Crippen molar-refractivity contribution < 1.29 is 23.9 Å². The summed E-state index contributed by atoms with van der Waals surface area (Å²) in [7, 11) is 0. The van der Waals surface area contributed by atoms with Crippen LogP contribution in [0.25, 0.3) is 0 Å². The van der Waals surface area contributed by atoms with E-state index < -0.39 is 29.6 Å². The van der Waals surface area contributed by atoms with E-state index in [0.29, 0.717) is 0 Å². The number of ether oxygens (including phenoxy) is 2. The maximum atomic E-state index is 12.0. The molecule has 1 atom stereocenters. The second-order valence-electron chi connectivity index (χ2n) is 5.71. The van der Waals surface area contributed by atoms with Gasteiger partial charge in [-0.3, -0.25) is 9.59 Å². The molecule has 0 radical (unpaired) electrons. The Hall–Kier alpha value is -1.50. The summed E-state index contributed by atoms with van der Waals surface area (Å²) in [5.74, 6) is -1.33. The molecule has 0 rings (SSSR count). The Labute approximate surface area is 129 Å². The van der Waals surface area contributed by atoms with Gasteiger partial charge in [-0.1, -0.05) is 25.4 Å². The van der Waals surface area contributed by atoms with Crippen LogP contribution < -0.4 is 10.6 Å². The monoisotopic (exact) mass is 322 g/mol. The average Bonchev–Trinajstić information content (AvgIpc) is 2.31. The van der Waals surface area contributed by atoms with Crippen molar-refractivity contribution in [3.05, 3.63) is 0 Å². The zero-order chi connectivity index (χ0) is 16.6. The molecule has 122 valence electrons. The number of amides is 2. The fourth-order valence-electron chi connectivity index (χ4n) is 1.35. The molecule has 0 bridgehead atoms. The summed E-state index contributed by atoms with van der Waals surface area (Å²) < 4.78 is 9.57. The van der Waals surface area contributed by atoms with E-state index in [1.54, 1.807) is 34.6 Å². The molecule has 0 spiro atoms. The summed E-state index contributed by atoms with van der Waals surface area (Å²) >= 11 is 5.23. The molecule has 0 aromatic rings. The number of carbonyl (C=O) groups excluding carboxylic acids is 3. The molecule has 7 nitrogen and oxygen atoms in total. The number of hydrogen-bond donors (Lipinski definition) is 2. The normalized spacial score (nSPS) is 12.5. The summed E-state index contributed by atoms with van der Waals surface area (Å²) in [6.07, 6.45) is -0.695. The summed E-state index contributed by atoms with van der Waals surface area (Å²) in [6.45, 7) is 8.37. The van der Waals surface area contributed by atoms with Crippen molar-refractivity contribution >= 4 is 29.6 Å². The van der Waals surface area contributed by atoms with Crippen LogP contribution in [0.5, 0.6) is 0 Å². The SMILES string of the molecule is CC(C)C(NC(=O)OC(C)(C)C)C(=O)NCC(=O)OCCl. The molecule has 0 heterocycles. The van der Waals surface area contributed by atoms with Gasteiger partial charge in [-0.05, 0) is 26.7 Å². The molecule has 0 saturated carbocycles. The van der Waals surface area contributed by atoms with Gasteiger partial charge in [0, 0.05) is 0 Å². The maximum absolute atomic E-state index is 12.0. The Balaban J connectivity index is 4.51. The van der Waals surface area contributed by atoms with Crippen molar-refractivity contribution in [1.29, 1.82) is 0 Å². The van der Waals surface area contributed by atoms with Crippen LogP contribution in [0.1, 0.15) is 34.6 Å². The molecular formula is C13H23ClN2O5. The zero-order valence-electron chi connectivity index (χ0n) is 13.0. The molecule has 8 heteroatoms. The lowest BCUT2D eigenvalue weighted by Gasteiger charge is -2.25. The molecule has 0 fully saturated rings. The average molecular weight is 323 g/mol. The van der Waals surface area contributed by atoms with E-state index in [1.165, 1.54) is 0 Å². The number of halogens is 1. The van der Waals surface area contributed by atoms with Gasteiger partial charge in [0.1, 0.15) is 18.2 Å². The minimum absolute atomic E-state index is 0.179. The van der Waals surface area contributed by atoms with Crippen molar-refractivity contribution in [2.75, 3.05) is 12.6 Å². The van der Waals surface area contributed by atoms with E-state index in [2.05, 4.69) is 15.4 Å². The van der Waals surface area contributed by atoms with Crippen molar-refractivity contribution in [3.8, 4) is 0 Å². The Kier molecular flexibility index (Phi) is 8.09. The topological polar surface area (TPSA) is 93.7 Å². The lowest BCUT2D eigenvalue weighted by molar-refractivity contribution is -0.142. The first-order valence-electron chi connectivity index (χ1n) is 6.55. The number of alkyl carbamates (subject to hydrolysis) is 1. The molecular weight excluding hydrogens is 300 g/mol. The van der Waals surface area contributed by atoms with Gasteiger partial charge >= 0.3 is 12.1 Å². The fourth-order valence-corrected chi connectivity index (χ4v) is 1.47. The summed E-state index contributed by atoms with van der Waals surface area (Å²) in [5.41, 5.74) is -0.660. The maximum Gasteiger partial charge on any atom is 0.408 e.